The summed E-state index contributed by atoms with van der Waals surface area (Å²) in [5, 5.41) is 5.01. The zero-order valence-corrected chi connectivity index (χ0v) is 16.1. The van der Waals surface area contributed by atoms with Crippen molar-refractivity contribution in [2.45, 2.75) is 0 Å². The van der Waals surface area contributed by atoms with E-state index in [0.717, 1.165) is 20.6 Å². The van der Waals surface area contributed by atoms with Crippen molar-refractivity contribution in [3.8, 4) is 11.3 Å². The lowest BCUT2D eigenvalue weighted by Gasteiger charge is -2.27. The van der Waals surface area contributed by atoms with Gasteiger partial charge in [0.2, 0.25) is 0 Å². The SMILES string of the molecule is O=C(c1ccc(-c2ccc3ncc(I)n3n2)cc1Cl)N1CCOCC1. The minimum Gasteiger partial charge on any atom is -0.378 e. The molecular formula is C17H14ClIN4O2. The smallest absolute Gasteiger partial charge is 0.255 e. The third kappa shape index (κ3) is 3.23. The van der Waals surface area contributed by atoms with Crippen molar-refractivity contribution in [3.63, 3.8) is 0 Å². The maximum atomic E-state index is 12.6. The summed E-state index contributed by atoms with van der Waals surface area (Å²) in [6, 6.07) is 9.23. The van der Waals surface area contributed by atoms with Crippen molar-refractivity contribution in [3.05, 3.63) is 50.8 Å². The van der Waals surface area contributed by atoms with Crippen LogP contribution in [0.5, 0.6) is 0 Å². The highest BCUT2D eigenvalue weighted by atomic mass is 127. The summed E-state index contributed by atoms with van der Waals surface area (Å²) in [5.74, 6) is -0.0626. The van der Waals surface area contributed by atoms with Gasteiger partial charge in [-0.05, 0) is 46.9 Å². The standard InChI is InChI=1S/C17H14ClIN4O2/c18-13-9-11(14-3-4-16-20-10-15(19)23(16)21-14)1-2-12(13)17(24)22-5-7-25-8-6-22/h1-4,9-10H,5-8H2. The van der Waals surface area contributed by atoms with Crippen LogP contribution in [0.25, 0.3) is 16.9 Å². The fourth-order valence-electron chi connectivity index (χ4n) is 2.78. The Morgan fingerprint density at radius 1 is 1.20 bits per heavy atom. The number of aromatic nitrogens is 3. The van der Waals surface area contributed by atoms with Crippen molar-refractivity contribution in [1.82, 2.24) is 19.5 Å². The molecule has 8 heteroatoms. The number of imidazole rings is 1. The first-order valence-electron chi connectivity index (χ1n) is 7.81. The zero-order chi connectivity index (χ0) is 17.4. The number of carbonyl (C=O) groups excluding carboxylic acids is 1. The Hall–Kier alpha value is -1.71. The van der Waals surface area contributed by atoms with Crippen molar-refractivity contribution in [2.75, 3.05) is 26.3 Å². The van der Waals surface area contributed by atoms with Gasteiger partial charge in [-0.15, -0.1) is 0 Å². The number of morpholine rings is 1. The number of rotatable bonds is 2. The molecule has 0 N–H and O–H groups in total. The summed E-state index contributed by atoms with van der Waals surface area (Å²) in [5.41, 5.74) is 2.93. The van der Waals surface area contributed by atoms with E-state index in [-0.39, 0.29) is 5.91 Å². The number of carbonyl (C=O) groups is 1. The number of benzene rings is 1. The summed E-state index contributed by atoms with van der Waals surface area (Å²) in [6.45, 7) is 2.31. The molecular weight excluding hydrogens is 455 g/mol. The molecule has 1 saturated heterocycles. The molecule has 3 aromatic rings. The predicted octanol–water partition coefficient (Wildman–Crippen LogP) is 3.13. The summed E-state index contributed by atoms with van der Waals surface area (Å²) < 4.78 is 7.99. The van der Waals surface area contributed by atoms with Gasteiger partial charge in [0.1, 0.15) is 3.70 Å². The van der Waals surface area contributed by atoms with Gasteiger partial charge < -0.3 is 9.64 Å². The Morgan fingerprint density at radius 3 is 2.76 bits per heavy atom. The van der Waals surface area contributed by atoms with Crippen LogP contribution >= 0.6 is 34.2 Å². The molecule has 0 saturated carbocycles. The van der Waals surface area contributed by atoms with Gasteiger partial charge in [-0.25, -0.2) is 9.50 Å². The summed E-state index contributed by atoms with van der Waals surface area (Å²) in [7, 11) is 0. The van der Waals surface area contributed by atoms with E-state index in [0.29, 0.717) is 36.9 Å². The zero-order valence-electron chi connectivity index (χ0n) is 13.2. The van der Waals surface area contributed by atoms with Crippen LogP contribution in [0.4, 0.5) is 0 Å². The number of hydrogen-bond acceptors (Lipinski definition) is 4. The third-order valence-electron chi connectivity index (χ3n) is 4.11. The van der Waals surface area contributed by atoms with Gasteiger partial charge in [-0.1, -0.05) is 17.7 Å². The van der Waals surface area contributed by atoms with Crippen LogP contribution in [-0.4, -0.2) is 51.7 Å². The lowest BCUT2D eigenvalue weighted by molar-refractivity contribution is 0.0303. The second-order valence-corrected chi connectivity index (χ2v) is 7.18. The van der Waals surface area contributed by atoms with Crippen LogP contribution in [0.15, 0.2) is 36.5 Å². The van der Waals surface area contributed by atoms with Gasteiger partial charge >= 0.3 is 0 Å². The monoisotopic (exact) mass is 468 g/mol. The van der Waals surface area contributed by atoms with E-state index in [4.69, 9.17) is 16.3 Å². The minimum atomic E-state index is -0.0626. The van der Waals surface area contributed by atoms with Gasteiger partial charge in [0, 0.05) is 18.7 Å². The molecule has 1 fully saturated rings. The van der Waals surface area contributed by atoms with Crippen LogP contribution in [-0.2, 0) is 4.74 Å². The highest BCUT2D eigenvalue weighted by molar-refractivity contribution is 14.1. The first-order valence-corrected chi connectivity index (χ1v) is 9.26. The number of hydrogen-bond donors (Lipinski definition) is 0. The second-order valence-electron chi connectivity index (χ2n) is 5.67. The van der Waals surface area contributed by atoms with Crippen molar-refractivity contribution < 1.29 is 9.53 Å². The maximum Gasteiger partial charge on any atom is 0.255 e. The molecule has 25 heavy (non-hydrogen) atoms. The predicted molar refractivity (Wildman–Crippen MR) is 103 cm³/mol. The fourth-order valence-corrected chi connectivity index (χ4v) is 3.54. The van der Waals surface area contributed by atoms with E-state index in [1.807, 2.05) is 18.2 Å². The van der Waals surface area contributed by atoms with Gasteiger partial charge in [0.05, 0.1) is 35.7 Å². The van der Waals surface area contributed by atoms with Crippen LogP contribution < -0.4 is 0 Å². The maximum absolute atomic E-state index is 12.6. The Kier molecular flexibility index (Phi) is 4.61. The van der Waals surface area contributed by atoms with Gasteiger partial charge in [0.25, 0.3) is 5.91 Å². The van der Waals surface area contributed by atoms with Gasteiger partial charge in [0.15, 0.2) is 5.65 Å². The summed E-state index contributed by atoms with van der Waals surface area (Å²) >= 11 is 8.58. The number of halogens is 2. The van der Waals surface area contributed by atoms with Crippen LogP contribution in [0, 0.1) is 3.70 Å². The lowest BCUT2D eigenvalue weighted by atomic mass is 10.1. The minimum absolute atomic E-state index is 0.0626. The average Bonchev–Trinajstić information content (AvgIpc) is 3.02. The van der Waals surface area contributed by atoms with E-state index < -0.39 is 0 Å². The van der Waals surface area contributed by atoms with Crippen molar-refractivity contribution in [1.29, 1.82) is 0 Å². The molecule has 6 nitrogen and oxygen atoms in total. The Morgan fingerprint density at radius 2 is 2.00 bits per heavy atom. The molecule has 1 aromatic carbocycles. The molecule has 0 radical (unpaired) electrons. The first-order chi connectivity index (χ1) is 12.1. The number of amides is 1. The lowest BCUT2D eigenvalue weighted by Crippen LogP contribution is -2.40. The number of ether oxygens (including phenoxy) is 1. The molecule has 0 atom stereocenters. The van der Waals surface area contributed by atoms with Gasteiger partial charge in [-0.2, -0.15) is 5.10 Å². The Balaban J connectivity index is 1.66. The molecule has 3 heterocycles. The Labute approximate surface area is 162 Å². The molecule has 1 aliphatic rings. The molecule has 2 aromatic heterocycles. The molecule has 128 valence electrons. The molecule has 4 rings (SSSR count). The van der Waals surface area contributed by atoms with Crippen LogP contribution in [0.3, 0.4) is 0 Å². The quantitative estimate of drug-likeness (QED) is 0.542. The largest absolute Gasteiger partial charge is 0.378 e. The molecule has 1 amide bonds. The van der Waals surface area contributed by atoms with E-state index in [1.165, 1.54) is 0 Å². The summed E-state index contributed by atoms with van der Waals surface area (Å²) in [4.78, 5) is 18.6. The highest BCUT2D eigenvalue weighted by Crippen LogP contribution is 2.26. The third-order valence-corrected chi connectivity index (χ3v) is 5.16. The first kappa shape index (κ1) is 16.7. The average molecular weight is 469 g/mol. The number of nitrogens with zero attached hydrogens (tertiary/aromatic N) is 4. The van der Waals surface area contributed by atoms with Crippen LogP contribution in [0.2, 0.25) is 5.02 Å². The van der Waals surface area contributed by atoms with Crippen molar-refractivity contribution in [2.24, 2.45) is 0 Å². The number of fused-ring (bicyclic) bond motifs is 1. The Bertz CT molecular complexity index is 953. The fraction of sp³-hybridized carbons (Fsp3) is 0.235. The molecule has 0 aliphatic carbocycles. The second kappa shape index (κ2) is 6.89. The molecule has 0 unspecified atom stereocenters. The molecule has 0 bridgehead atoms. The molecule has 0 spiro atoms. The van der Waals surface area contributed by atoms with E-state index in [1.54, 1.807) is 27.7 Å². The van der Waals surface area contributed by atoms with Crippen molar-refractivity contribution >= 4 is 45.7 Å². The van der Waals surface area contributed by atoms with Gasteiger partial charge in [-0.3, -0.25) is 4.79 Å². The van der Waals surface area contributed by atoms with E-state index >= 15 is 0 Å². The highest BCUT2D eigenvalue weighted by Gasteiger charge is 2.21. The topological polar surface area (TPSA) is 59.7 Å². The van der Waals surface area contributed by atoms with E-state index in [2.05, 4.69) is 32.7 Å². The van der Waals surface area contributed by atoms with Crippen LogP contribution in [0.1, 0.15) is 10.4 Å². The normalized spacial score (nSPS) is 14.9. The summed E-state index contributed by atoms with van der Waals surface area (Å²) in [6.07, 6.45) is 1.77. The van der Waals surface area contributed by atoms with E-state index in [9.17, 15) is 4.79 Å². The molecule has 1 aliphatic heterocycles.